The number of hydrogen-bond donors (Lipinski definition) is 2. The number of aromatic nitrogens is 2. The summed E-state index contributed by atoms with van der Waals surface area (Å²) >= 11 is 6.24. The van der Waals surface area contributed by atoms with E-state index in [1.54, 1.807) is 0 Å². The minimum atomic E-state index is 0.313. The first kappa shape index (κ1) is 14.6. The van der Waals surface area contributed by atoms with Gasteiger partial charge < -0.3 is 10.2 Å². The van der Waals surface area contributed by atoms with Crippen molar-refractivity contribution >= 4 is 17.4 Å². The van der Waals surface area contributed by atoms with Crippen molar-refractivity contribution < 1.29 is 4.74 Å². The minimum Gasteiger partial charge on any atom is -0.437 e. The van der Waals surface area contributed by atoms with E-state index >= 15 is 0 Å². The van der Waals surface area contributed by atoms with Crippen LogP contribution in [0.5, 0.6) is 11.6 Å². The van der Waals surface area contributed by atoms with Gasteiger partial charge in [-0.2, -0.15) is 4.98 Å². The summed E-state index contributed by atoms with van der Waals surface area (Å²) in [4.78, 5) is 8.17. The number of nitrogens with two attached hydrogens (primary N) is 1. The highest BCUT2D eigenvalue weighted by Gasteiger charge is 2.11. The van der Waals surface area contributed by atoms with Gasteiger partial charge in [-0.3, -0.25) is 4.98 Å². The van der Waals surface area contributed by atoms with E-state index in [0.717, 1.165) is 16.1 Å². The van der Waals surface area contributed by atoms with E-state index in [9.17, 15) is 0 Å². The maximum absolute atomic E-state index is 6.24. The van der Waals surface area contributed by atoms with Crippen molar-refractivity contribution in [3.63, 3.8) is 0 Å². The highest BCUT2D eigenvalue weighted by molar-refractivity contribution is 6.31. The zero-order valence-electron chi connectivity index (χ0n) is 11.6. The molecule has 0 atom stereocenters. The van der Waals surface area contributed by atoms with Gasteiger partial charge in [0.05, 0.1) is 12.4 Å². The molecule has 2 rings (SSSR count). The number of ether oxygens (including phenoxy) is 1. The first-order valence-corrected chi connectivity index (χ1v) is 6.65. The molecule has 0 unspecified atom stereocenters. The van der Waals surface area contributed by atoms with Crippen LogP contribution < -0.4 is 16.0 Å². The molecule has 0 aliphatic carbocycles. The Kier molecular flexibility index (Phi) is 4.42. The predicted molar refractivity (Wildman–Crippen MR) is 80.2 cm³/mol. The van der Waals surface area contributed by atoms with Gasteiger partial charge in [-0.05, 0) is 36.1 Å². The summed E-state index contributed by atoms with van der Waals surface area (Å²) in [6.07, 6.45) is 3.05. The maximum atomic E-state index is 6.24. The normalized spacial score (nSPS) is 10.7. The summed E-state index contributed by atoms with van der Waals surface area (Å²) in [6, 6.07) is 3.83. The van der Waals surface area contributed by atoms with Crippen LogP contribution in [0.25, 0.3) is 0 Å². The Labute approximate surface area is 123 Å². The van der Waals surface area contributed by atoms with Gasteiger partial charge in [-0.25, -0.2) is 5.84 Å². The first-order chi connectivity index (χ1) is 9.51. The Morgan fingerprint density at radius 1 is 1.30 bits per heavy atom. The van der Waals surface area contributed by atoms with Gasteiger partial charge in [0.15, 0.2) is 5.82 Å². The molecule has 0 aliphatic heterocycles. The average Bonchev–Trinajstić information content (AvgIpc) is 2.41. The summed E-state index contributed by atoms with van der Waals surface area (Å²) < 4.78 is 5.77. The van der Waals surface area contributed by atoms with E-state index in [2.05, 4.69) is 29.2 Å². The molecule has 0 aliphatic rings. The molecule has 0 saturated carbocycles. The number of nitrogens with one attached hydrogen (secondary N) is 1. The van der Waals surface area contributed by atoms with E-state index < -0.39 is 0 Å². The number of aryl methyl sites for hydroxylation is 1. The molecule has 20 heavy (non-hydrogen) atoms. The molecule has 3 N–H and O–H groups in total. The van der Waals surface area contributed by atoms with Crippen molar-refractivity contribution in [3.8, 4) is 11.6 Å². The van der Waals surface area contributed by atoms with Crippen molar-refractivity contribution in [1.82, 2.24) is 9.97 Å². The number of halogens is 1. The number of hydrazine groups is 1. The molecule has 0 fully saturated rings. The van der Waals surface area contributed by atoms with Crippen LogP contribution in [-0.2, 0) is 0 Å². The molecule has 2 aromatic rings. The molecule has 1 aromatic carbocycles. The number of benzene rings is 1. The van der Waals surface area contributed by atoms with Gasteiger partial charge in [0.2, 0.25) is 5.88 Å². The summed E-state index contributed by atoms with van der Waals surface area (Å²) in [5, 5.41) is 0.744. The van der Waals surface area contributed by atoms with Crippen LogP contribution in [0, 0.1) is 6.92 Å². The smallest absolute Gasteiger partial charge is 0.239 e. The molecule has 0 spiro atoms. The second kappa shape index (κ2) is 6.07. The largest absolute Gasteiger partial charge is 0.437 e. The van der Waals surface area contributed by atoms with Crippen LogP contribution in [0.4, 0.5) is 5.82 Å². The summed E-state index contributed by atoms with van der Waals surface area (Å²) in [5.74, 6) is 7.14. The lowest BCUT2D eigenvalue weighted by Crippen LogP contribution is -2.09. The molecular weight excluding hydrogens is 276 g/mol. The molecule has 1 aromatic heterocycles. The van der Waals surface area contributed by atoms with Crippen molar-refractivity contribution in [2.45, 2.75) is 26.7 Å². The Balaban J connectivity index is 2.35. The van der Waals surface area contributed by atoms with Crippen molar-refractivity contribution in [1.29, 1.82) is 0 Å². The topological polar surface area (TPSA) is 73.1 Å². The van der Waals surface area contributed by atoms with Crippen LogP contribution in [0.1, 0.15) is 30.9 Å². The van der Waals surface area contributed by atoms with Gasteiger partial charge in [-0.15, -0.1) is 0 Å². The van der Waals surface area contributed by atoms with E-state index in [4.69, 9.17) is 22.2 Å². The quantitative estimate of drug-likeness (QED) is 0.665. The zero-order valence-corrected chi connectivity index (χ0v) is 12.4. The molecule has 0 bridgehead atoms. The third-order valence-corrected chi connectivity index (χ3v) is 3.22. The zero-order chi connectivity index (χ0) is 14.7. The SMILES string of the molecule is Cc1cc(Cl)c(C(C)C)cc1Oc1cncc(NN)n1. The van der Waals surface area contributed by atoms with Crippen molar-refractivity contribution in [3.05, 3.63) is 40.7 Å². The lowest BCUT2D eigenvalue weighted by molar-refractivity contribution is 0.456. The lowest BCUT2D eigenvalue weighted by atomic mass is 10.0. The fourth-order valence-electron chi connectivity index (χ4n) is 1.80. The Hall–Kier alpha value is -1.85. The molecule has 106 valence electrons. The van der Waals surface area contributed by atoms with E-state index in [0.29, 0.717) is 23.4 Å². The van der Waals surface area contributed by atoms with E-state index in [-0.39, 0.29) is 0 Å². The second-order valence-corrected chi connectivity index (χ2v) is 5.19. The lowest BCUT2D eigenvalue weighted by Gasteiger charge is -2.14. The van der Waals surface area contributed by atoms with Crippen LogP contribution >= 0.6 is 11.6 Å². The Morgan fingerprint density at radius 2 is 2.05 bits per heavy atom. The van der Waals surface area contributed by atoms with Gasteiger partial charge in [0.1, 0.15) is 5.75 Å². The van der Waals surface area contributed by atoms with Crippen LogP contribution in [-0.4, -0.2) is 9.97 Å². The first-order valence-electron chi connectivity index (χ1n) is 6.27. The van der Waals surface area contributed by atoms with E-state index in [1.807, 2.05) is 19.1 Å². The highest BCUT2D eigenvalue weighted by atomic mass is 35.5. The molecule has 0 saturated heterocycles. The average molecular weight is 293 g/mol. The number of rotatable bonds is 4. The monoisotopic (exact) mass is 292 g/mol. The number of hydrogen-bond acceptors (Lipinski definition) is 5. The number of anilines is 1. The Morgan fingerprint density at radius 3 is 2.70 bits per heavy atom. The molecule has 0 amide bonds. The number of nitrogen functional groups attached to an aromatic ring is 1. The second-order valence-electron chi connectivity index (χ2n) is 4.78. The van der Waals surface area contributed by atoms with Crippen LogP contribution in [0.3, 0.4) is 0 Å². The highest BCUT2D eigenvalue weighted by Crippen LogP contribution is 2.33. The standard InChI is InChI=1S/C14H17ClN4O/c1-8(2)10-5-12(9(3)4-11(10)15)20-14-7-17-6-13(18-14)19-16/h4-8H,16H2,1-3H3,(H,18,19). The third kappa shape index (κ3) is 3.18. The van der Waals surface area contributed by atoms with Gasteiger partial charge in [0, 0.05) is 5.02 Å². The molecule has 0 radical (unpaired) electrons. The summed E-state index contributed by atoms with van der Waals surface area (Å²) in [5.41, 5.74) is 4.40. The van der Waals surface area contributed by atoms with Gasteiger partial charge in [-0.1, -0.05) is 25.4 Å². The number of nitrogens with zero attached hydrogens (tertiary/aromatic N) is 2. The maximum Gasteiger partial charge on any atom is 0.239 e. The predicted octanol–water partition coefficient (Wildman–Crippen LogP) is 3.64. The van der Waals surface area contributed by atoms with Gasteiger partial charge >= 0.3 is 0 Å². The molecular formula is C14H17ClN4O. The van der Waals surface area contributed by atoms with Crippen molar-refractivity contribution in [2.75, 3.05) is 5.43 Å². The fourth-order valence-corrected chi connectivity index (χ4v) is 2.24. The van der Waals surface area contributed by atoms with Crippen molar-refractivity contribution in [2.24, 2.45) is 5.84 Å². The fraction of sp³-hybridized carbons (Fsp3) is 0.286. The molecule has 5 nitrogen and oxygen atoms in total. The van der Waals surface area contributed by atoms with Crippen LogP contribution in [0.15, 0.2) is 24.5 Å². The third-order valence-electron chi connectivity index (χ3n) is 2.89. The summed E-state index contributed by atoms with van der Waals surface area (Å²) in [7, 11) is 0. The minimum absolute atomic E-state index is 0.313. The van der Waals surface area contributed by atoms with Gasteiger partial charge in [0.25, 0.3) is 0 Å². The van der Waals surface area contributed by atoms with E-state index in [1.165, 1.54) is 12.4 Å². The molecule has 6 heteroatoms. The Bertz CT molecular complexity index is 616. The van der Waals surface area contributed by atoms with Crippen LogP contribution in [0.2, 0.25) is 5.02 Å². The summed E-state index contributed by atoms with van der Waals surface area (Å²) in [6.45, 7) is 6.10. The molecule has 1 heterocycles.